The molecule has 0 saturated heterocycles. The third kappa shape index (κ3) is 30.3. The number of aliphatic hydroxyl groups is 1. The van der Waals surface area contributed by atoms with Gasteiger partial charge in [-0.05, 0) is 80.2 Å². The first-order valence-corrected chi connectivity index (χ1v) is 36.6. The molecule has 108 heavy (non-hydrogen) atoms. The van der Waals surface area contributed by atoms with Crippen LogP contribution in [0.4, 0.5) is 0 Å². The Morgan fingerprint density at radius 1 is 0.426 bits per heavy atom. The summed E-state index contributed by atoms with van der Waals surface area (Å²) in [4.78, 5) is 207. The van der Waals surface area contributed by atoms with Crippen molar-refractivity contribution in [2.75, 3.05) is 6.54 Å². The van der Waals surface area contributed by atoms with Crippen molar-refractivity contribution in [1.82, 2.24) is 83.7 Å². The smallest absolute Gasteiger partial charge is 0.326 e. The van der Waals surface area contributed by atoms with Gasteiger partial charge in [0.05, 0.1) is 31.3 Å². The van der Waals surface area contributed by atoms with Crippen molar-refractivity contribution in [1.29, 1.82) is 0 Å². The molecule has 16 atom stereocenters. The van der Waals surface area contributed by atoms with Crippen LogP contribution in [-0.2, 0) is 92.8 Å². The third-order valence-electron chi connectivity index (χ3n) is 18.4. The second-order valence-electron chi connectivity index (χ2n) is 28.4. The van der Waals surface area contributed by atoms with Gasteiger partial charge < -0.3 is 95.4 Å². The second kappa shape index (κ2) is 45.1. The van der Waals surface area contributed by atoms with Gasteiger partial charge in [0.15, 0.2) is 0 Å². The van der Waals surface area contributed by atoms with Gasteiger partial charge in [-0.3, -0.25) is 62.3 Å². The lowest BCUT2D eigenvalue weighted by Gasteiger charge is -2.30. The molecule has 594 valence electrons. The Labute approximate surface area is 629 Å². The molecule has 2 aromatic heterocycles. The predicted molar refractivity (Wildman–Crippen MR) is 398 cm³/mol. The lowest BCUT2D eigenvalue weighted by atomic mass is 9.94. The molecule has 0 unspecified atom stereocenters. The topological polar surface area (TPSA) is 533 Å². The number of nitrogens with two attached hydrogens (primary N) is 2. The summed E-state index contributed by atoms with van der Waals surface area (Å²) in [7, 11) is 0. The number of hydrogen-bond acceptors (Lipinski definition) is 18. The number of carboxylic acid groups (broad SMARTS) is 1. The molecule has 0 radical (unpaired) electrons. The summed E-state index contributed by atoms with van der Waals surface area (Å²) in [6, 6.07) is 1.14. The monoisotopic (exact) mass is 1510 g/mol. The first-order chi connectivity index (χ1) is 51.0. The molecule has 2 aromatic carbocycles. The molecular weight excluding hydrogens is 1400 g/mol. The number of carbonyl (C=O) groups excluding carboxylic acids is 13. The van der Waals surface area contributed by atoms with Crippen LogP contribution in [0.1, 0.15) is 151 Å². The quantitative estimate of drug-likeness (QED) is 0.0256. The van der Waals surface area contributed by atoms with Gasteiger partial charge in [0, 0.05) is 49.5 Å². The number of carbonyl (C=O) groups is 14. The van der Waals surface area contributed by atoms with Crippen LogP contribution in [0.2, 0.25) is 0 Å². The van der Waals surface area contributed by atoms with Crippen LogP contribution in [-0.4, -0.2) is 198 Å². The van der Waals surface area contributed by atoms with E-state index < -0.39 is 186 Å². The molecule has 4 rings (SSSR count). The van der Waals surface area contributed by atoms with Crippen LogP contribution in [0.15, 0.2) is 85.7 Å². The number of nitrogens with zero attached hydrogens (tertiary/aromatic N) is 2. The number of imidazole rings is 2. The van der Waals surface area contributed by atoms with E-state index >= 15 is 0 Å². The van der Waals surface area contributed by atoms with Crippen molar-refractivity contribution in [2.24, 2.45) is 41.1 Å². The van der Waals surface area contributed by atoms with Gasteiger partial charge in [0.1, 0.15) is 66.5 Å². The largest absolute Gasteiger partial charge is 0.480 e. The van der Waals surface area contributed by atoms with E-state index in [0.717, 1.165) is 5.56 Å². The molecule has 0 aliphatic carbocycles. The summed E-state index contributed by atoms with van der Waals surface area (Å²) in [5.41, 5.74) is 13.9. The van der Waals surface area contributed by atoms with E-state index in [0.29, 0.717) is 36.2 Å². The van der Waals surface area contributed by atoms with Crippen molar-refractivity contribution in [3.63, 3.8) is 0 Å². The number of hydrogen-bond donors (Lipinski definition) is 18. The Hall–Kier alpha value is -10.6. The van der Waals surface area contributed by atoms with Gasteiger partial charge in [-0.15, -0.1) is 0 Å². The highest BCUT2D eigenvalue weighted by Gasteiger charge is 2.39. The fraction of sp³-hybridized carbons (Fsp3) is 0.568. The lowest BCUT2D eigenvalue weighted by Crippen LogP contribution is -2.62. The summed E-state index contributed by atoms with van der Waals surface area (Å²) < 4.78 is 0. The molecular formula is C74H112N18O16. The Morgan fingerprint density at radius 2 is 0.796 bits per heavy atom. The molecule has 0 aliphatic heterocycles. The minimum Gasteiger partial charge on any atom is -0.480 e. The normalized spacial score (nSPS) is 15.7. The number of H-pyrrole nitrogens is 2. The summed E-state index contributed by atoms with van der Waals surface area (Å²) in [6.07, 6.45) is 3.91. The molecule has 0 spiro atoms. The van der Waals surface area contributed by atoms with E-state index in [2.05, 4.69) is 83.7 Å². The van der Waals surface area contributed by atoms with E-state index in [4.69, 9.17) is 11.5 Å². The van der Waals surface area contributed by atoms with E-state index in [1.54, 1.807) is 110 Å². The zero-order chi connectivity index (χ0) is 80.5. The van der Waals surface area contributed by atoms with E-state index in [1.165, 1.54) is 38.9 Å². The van der Waals surface area contributed by atoms with E-state index in [-0.39, 0.29) is 63.2 Å². The van der Waals surface area contributed by atoms with Gasteiger partial charge in [-0.1, -0.05) is 149 Å². The molecule has 20 N–H and O–H groups in total. The number of amides is 13. The number of rotatable bonds is 47. The van der Waals surface area contributed by atoms with Gasteiger partial charge >= 0.3 is 5.97 Å². The van der Waals surface area contributed by atoms with Crippen LogP contribution >= 0.6 is 0 Å². The van der Waals surface area contributed by atoms with Crippen LogP contribution in [0.3, 0.4) is 0 Å². The number of aliphatic hydroxyl groups excluding tert-OH is 1. The molecule has 0 bridgehead atoms. The lowest BCUT2D eigenvalue weighted by molar-refractivity contribution is -0.142. The molecule has 0 saturated carbocycles. The number of benzene rings is 2. The van der Waals surface area contributed by atoms with Gasteiger partial charge in [-0.25, -0.2) is 14.8 Å². The second-order valence-corrected chi connectivity index (χ2v) is 28.4. The van der Waals surface area contributed by atoms with Crippen LogP contribution in [0.5, 0.6) is 0 Å². The first-order valence-electron chi connectivity index (χ1n) is 36.6. The van der Waals surface area contributed by atoms with Crippen molar-refractivity contribution >= 4 is 82.8 Å². The number of aromatic nitrogens is 4. The molecule has 34 nitrogen and oxygen atoms in total. The van der Waals surface area contributed by atoms with Gasteiger partial charge in [0.2, 0.25) is 76.8 Å². The highest BCUT2D eigenvalue weighted by atomic mass is 16.4. The average Bonchev–Trinajstić information content (AvgIpc) is 0.873. The summed E-state index contributed by atoms with van der Waals surface area (Å²) >= 11 is 0. The summed E-state index contributed by atoms with van der Waals surface area (Å²) in [5, 5.41) is 52.2. The minimum absolute atomic E-state index is 0.0231. The number of aliphatic carboxylic acids is 1. The molecule has 4 aromatic rings. The van der Waals surface area contributed by atoms with Crippen molar-refractivity contribution in [2.45, 2.75) is 232 Å². The van der Waals surface area contributed by atoms with E-state index in [9.17, 15) is 77.3 Å². The standard InChI is InChI=1S/C74H112N18O16/c1-13-41(8)59(91-72(105)61(43(10)15-3)90-68(101)54(32-48-34-77-37-80-48)86-65(98)51(26-27-57(76)94)83-66(99)52(28-39(4)5)85-64(97)50(75)30-46-22-18-16-19-23-46)70(103)79-36-58(95)82-44(11)63(96)84-53(29-40(6)7)67(100)92-62(45(12)93)73(106)87-55(33-49-35-78-38-81-49)69(102)89-60(42(9)14-2)71(104)88-56(74(107)108)31-47-24-20-17-21-25-47/h16-25,34-35,37-45,50-56,59-62,93H,13-15,26-33,36,75H2,1-12H3,(H2,76,94)(H,77,80)(H,78,81)(H,79,103)(H,82,95)(H,83,99)(H,84,96)(H,85,97)(H,86,98)(H,87,106)(H,88,104)(H,89,102)(H,90,101)(H,91,105)(H,92,100)(H,107,108)/t41-,42-,43-,44-,45+,50-,51-,52-,53-,54-,55-,56-,59-,60-,61-,62-/m0/s1. The number of carboxylic acids is 1. The predicted octanol–water partition coefficient (Wildman–Crippen LogP) is -0.839. The Balaban J connectivity index is 1.45. The van der Waals surface area contributed by atoms with Crippen molar-refractivity contribution in [3.8, 4) is 0 Å². The maximum atomic E-state index is 14.6. The molecule has 13 amide bonds. The highest BCUT2D eigenvalue weighted by molar-refractivity contribution is 6.00. The number of nitrogens with one attached hydrogen (secondary N) is 14. The Bertz CT molecular complexity index is 3600. The number of primary amides is 1. The number of aromatic amines is 2. The van der Waals surface area contributed by atoms with Crippen LogP contribution in [0, 0.1) is 29.6 Å². The Morgan fingerprint density at radius 3 is 1.23 bits per heavy atom. The Kier molecular flexibility index (Phi) is 37.5. The van der Waals surface area contributed by atoms with Gasteiger partial charge in [0.25, 0.3) is 0 Å². The minimum atomic E-state index is -1.75. The van der Waals surface area contributed by atoms with Crippen LogP contribution < -0.4 is 75.3 Å². The fourth-order valence-electron chi connectivity index (χ4n) is 11.4. The highest BCUT2D eigenvalue weighted by Crippen LogP contribution is 2.17. The SMILES string of the molecule is CC[C@H](C)[C@H](NC(=O)[C@H](Cc1cnc[nH]1)NC(=O)[C@@H](NC(=O)[C@H](CC(C)C)NC(=O)[C@H](C)NC(=O)CNC(=O)[C@@H](NC(=O)[C@@H](NC(=O)[C@H](Cc1cnc[nH]1)NC(=O)[C@H](CCC(N)=O)NC(=O)[C@H](CC(C)C)NC(=O)[C@@H](N)Cc1ccccc1)[C@@H](C)CC)[C@@H](C)CC)[C@@H](C)O)C(=O)N[C@@H](Cc1ccccc1)C(=O)O. The van der Waals surface area contributed by atoms with E-state index in [1.807, 2.05) is 19.9 Å². The first kappa shape index (κ1) is 89.8. The maximum Gasteiger partial charge on any atom is 0.326 e. The average molecular weight is 1510 g/mol. The third-order valence-corrected chi connectivity index (χ3v) is 18.4. The fourth-order valence-corrected chi connectivity index (χ4v) is 11.4. The molecule has 0 fully saturated rings. The summed E-state index contributed by atoms with van der Waals surface area (Å²) in [5.74, 6) is -14.5. The van der Waals surface area contributed by atoms with Gasteiger partial charge in [-0.2, -0.15) is 0 Å². The summed E-state index contributed by atoms with van der Waals surface area (Å²) in [6.45, 7) is 19.2. The zero-order valence-corrected chi connectivity index (χ0v) is 63.6. The zero-order valence-electron chi connectivity index (χ0n) is 63.6. The molecule has 2 heterocycles. The van der Waals surface area contributed by atoms with Crippen molar-refractivity contribution in [3.05, 3.63) is 108 Å². The van der Waals surface area contributed by atoms with Crippen LogP contribution in [0.25, 0.3) is 0 Å². The van der Waals surface area contributed by atoms with Crippen molar-refractivity contribution < 1.29 is 77.3 Å². The molecule has 34 heteroatoms. The maximum absolute atomic E-state index is 14.6. The molecule has 0 aliphatic rings.